The molecule has 1 saturated carbocycles. The van der Waals surface area contributed by atoms with E-state index in [-0.39, 0.29) is 26.1 Å². The Morgan fingerprint density at radius 2 is 2.05 bits per heavy atom. The van der Waals surface area contributed by atoms with Gasteiger partial charge in [-0.25, -0.2) is 0 Å². The molecule has 1 N–H and O–H groups in total. The van der Waals surface area contributed by atoms with E-state index in [1.165, 1.54) is 6.08 Å². The Kier molecular flexibility index (Phi) is 3.23. The predicted octanol–water partition coefficient (Wildman–Crippen LogP) is -0.632. The van der Waals surface area contributed by atoms with Crippen molar-refractivity contribution in [3.05, 3.63) is 12.2 Å². The van der Waals surface area contributed by atoms with E-state index in [4.69, 9.17) is 14.2 Å². The monoisotopic (exact) mass is 296 g/mol. The van der Waals surface area contributed by atoms with Crippen LogP contribution in [0.15, 0.2) is 12.2 Å². The molecule has 114 valence electrons. The first kappa shape index (κ1) is 14.4. The molecule has 2 aliphatic carbocycles. The van der Waals surface area contributed by atoms with Crippen LogP contribution in [0.4, 0.5) is 0 Å². The third-order valence-electron chi connectivity index (χ3n) is 4.55. The second-order valence-corrected chi connectivity index (χ2v) is 5.43. The predicted molar refractivity (Wildman–Crippen MR) is 67.0 cm³/mol. The minimum atomic E-state index is -1.98. The molecule has 3 rings (SSSR count). The van der Waals surface area contributed by atoms with E-state index in [2.05, 4.69) is 0 Å². The van der Waals surface area contributed by atoms with Crippen molar-refractivity contribution in [3.8, 4) is 0 Å². The van der Waals surface area contributed by atoms with E-state index < -0.39 is 40.8 Å². The van der Waals surface area contributed by atoms with Crippen molar-refractivity contribution in [2.75, 3.05) is 20.3 Å². The van der Waals surface area contributed by atoms with Gasteiger partial charge >= 0.3 is 5.97 Å². The number of ether oxygens (including phenoxy) is 3. The highest BCUT2D eigenvalue weighted by atomic mass is 16.7. The molecule has 1 aliphatic heterocycles. The second kappa shape index (κ2) is 4.72. The number of carbonyl (C=O) groups excluding carboxylic acids is 3. The first-order chi connectivity index (χ1) is 9.99. The summed E-state index contributed by atoms with van der Waals surface area (Å²) in [7, 11) is 1.12. The summed E-state index contributed by atoms with van der Waals surface area (Å²) in [5.74, 6) is -4.48. The Hall–Kier alpha value is -1.57. The summed E-state index contributed by atoms with van der Waals surface area (Å²) in [5, 5.41) is 10.3. The van der Waals surface area contributed by atoms with Gasteiger partial charge in [-0.05, 0) is 6.08 Å². The van der Waals surface area contributed by atoms with Gasteiger partial charge in [0.15, 0.2) is 22.8 Å². The van der Waals surface area contributed by atoms with Crippen molar-refractivity contribution in [1.29, 1.82) is 0 Å². The van der Waals surface area contributed by atoms with Gasteiger partial charge in [0.05, 0.1) is 26.4 Å². The molecule has 1 saturated heterocycles. The van der Waals surface area contributed by atoms with E-state index in [1.807, 2.05) is 0 Å². The first-order valence-electron chi connectivity index (χ1n) is 6.79. The zero-order chi connectivity index (χ0) is 15.3. The van der Waals surface area contributed by atoms with Crippen molar-refractivity contribution in [1.82, 2.24) is 0 Å². The van der Waals surface area contributed by atoms with Crippen LogP contribution in [0, 0.1) is 11.3 Å². The molecule has 1 spiro atoms. The highest BCUT2D eigenvalue weighted by molar-refractivity contribution is 6.13. The third-order valence-corrected chi connectivity index (χ3v) is 4.55. The number of esters is 1. The van der Waals surface area contributed by atoms with Crippen LogP contribution in [0.2, 0.25) is 0 Å². The Labute approximate surface area is 120 Å². The van der Waals surface area contributed by atoms with Crippen molar-refractivity contribution >= 4 is 17.5 Å². The summed E-state index contributed by atoms with van der Waals surface area (Å²) in [6, 6.07) is 0. The summed E-state index contributed by atoms with van der Waals surface area (Å²) in [4.78, 5) is 37.2. The molecule has 0 aromatic carbocycles. The average Bonchev–Trinajstić information content (AvgIpc) is 2.94. The molecule has 0 aromatic heterocycles. The molecule has 7 heteroatoms. The molecule has 0 aromatic rings. The third kappa shape index (κ3) is 1.68. The minimum absolute atomic E-state index is 0.0240. The Bertz CT molecular complexity index is 521. The second-order valence-electron chi connectivity index (χ2n) is 5.43. The highest BCUT2D eigenvalue weighted by Crippen LogP contribution is 2.53. The van der Waals surface area contributed by atoms with Gasteiger partial charge in [-0.1, -0.05) is 6.08 Å². The minimum Gasteiger partial charge on any atom is -0.468 e. The van der Waals surface area contributed by atoms with E-state index >= 15 is 0 Å². The zero-order valence-corrected chi connectivity index (χ0v) is 11.5. The van der Waals surface area contributed by atoms with Crippen LogP contribution in [0.25, 0.3) is 0 Å². The quantitative estimate of drug-likeness (QED) is 0.508. The number of aliphatic hydroxyl groups excluding tert-OH is 1. The summed E-state index contributed by atoms with van der Waals surface area (Å²) in [6.45, 7) is 0.546. The maximum atomic E-state index is 12.5. The Morgan fingerprint density at radius 3 is 2.67 bits per heavy atom. The lowest BCUT2D eigenvalue weighted by molar-refractivity contribution is -0.245. The van der Waals surface area contributed by atoms with Crippen molar-refractivity contribution in [2.24, 2.45) is 11.3 Å². The SMILES string of the molecule is COC(=O)C12C(=O)CCC3(OCCO3)C1C(=O)C=CC2O. The molecule has 3 atom stereocenters. The number of hydrogen-bond acceptors (Lipinski definition) is 7. The van der Waals surface area contributed by atoms with Gasteiger partial charge in [0, 0.05) is 12.8 Å². The van der Waals surface area contributed by atoms with Crippen molar-refractivity contribution < 1.29 is 33.7 Å². The van der Waals surface area contributed by atoms with E-state index in [1.54, 1.807) is 0 Å². The number of aliphatic hydroxyl groups is 1. The lowest BCUT2D eigenvalue weighted by Crippen LogP contribution is -2.67. The van der Waals surface area contributed by atoms with Crippen LogP contribution in [0.3, 0.4) is 0 Å². The topological polar surface area (TPSA) is 99.1 Å². The summed E-state index contributed by atoms with van der Waals surface area (Å²) in [6.07, 6.45) is 1.04. The summed E-state index contributed by atoms with van der Waals surface area (Å²) >= 11 is 0. The fourth-order valence-corrected chi connectivity index (χ4v) is 3.66. The van der Waals surface area contributed by atoms with Crippen molar-refractivity contribution in [3.63, 3.8) is 0 Å². The normalized spacial score (nSPS) is 37.6. The molecule has 3 unspecified atom stereocenters. The molecular formula is C14H16O7. The van der Waals surface area contributed by atoms with Gasteiger partial charge in [0.2, 0.25) is 0 Å². The van der Waals surface area contributed by atoms with Crippen LogP contribution in [0.5, 0.6) is 0 Å². The van der Waals surface area contributed by atoms with E-state index in [9.17, 15) is 19.5 Å². The lowest BCUT2D eigenvalue weighted by atomic mass is 9.56. The van der Waals surface area contributed by atoms with Crippen LogP contribution < -0.4 is 0 Å². The first-order valence-corrected chi connectivity index (χ1v) is 6.79. The standard InChI is InChI=1S/C14H16O7/c1-19-12(18)14-9(16)3-2-8(15)11(14)13(5-4-10(14)17)20-6-7-21-13/h2-3,9,11,16H,4-7H2,1H3. The molecule has 21 heavy (non-hydrogen) atoms. The number of Topliss-reactive ketones (excluding diaryl/α,β-unsaturated/α-hetero) is 1. The van der Waals surface area contributed by atoms with Gasteiger partial charge in [0.25, 0.3) is 0 Å². The van der Waals surface area contributed by atoms with Gasteiger partial charge in [-0.2, -0.15) is 0 Å². The number of allylic oxidation sites excluding steroid dienone is 1. The highest BCUT2D eigenvalue weighted by Gasteiger charge is 2.71. The number of hydrogen-bond donors (Lipinski definition) is 1. The molecule has 2 fully saturated rings. The zero-order valence-electron chi connectivity index (χ0n) is 11.5. The summed E-state index contributed by atoms with van der Waals surface area (Å²) < 4.78 is 15.9. The molecule has 0 radical (unpaired) electrons. The van der Waals surface area contributed by atoms with Gasteiger partial charge in [-0.15, -0.1) is 0 Å². The van der Waals surface area contributed by atoms with Crippen molar-refractivity contribution in [2.45, 2.75) is 24.7 Å². The van der Waals surface area contributed by atoms with Gasteiger partial charge < -0.3 is 19.3 Å². The number of rotatable bonds is 1. The van der Waals surface area contributed by atoms with Gasteiger partial charge in [-0.3, -0.25) is 14.4 Å². The Balaban J connectivity index is 2.21. The van der Waals surface area contributed by atoms with Gasteiger partial charge in [0.1, 0.15) is 5.92 Å². The fourth-order valence-electron chi connectivity index (χ4n) is 3.66. The summed E-state index contributed by atoms with van der Waals surface area (Å²) in [5.41, 5.74) is -1.98. The smallest absolute Gasteiger partial charge is 0.323 e. The molecule has 1 heterocycles. The van der Waals surface area contributed by atoms with Crippen LogP contribution in [0.1, 0.15) is 12.8 Å². The Morgan fingerprint density at radius 1 is 1.38 bits per heavy atom. The van der Waals surface area contributed by atoms with E-state index in [0.29, 0.717) is 0 Å². The maximum absolute atomic E-state index is 12.5. The van der Waals surface area contributed by atoms with Crippen LogP contribution in [-0.4, -0.2) is 54.9 Å². The molecule has 0 amide bonds. The molecule has 0 bridgehead atoms. The average molecular weight is 296 g/mol. The maximum Gasteiger partial charge on any atom is 0.323 e. The number of methoxy groups -OCH3 is 1. The number of ketones is 2. The largest absolute Gasteiger partial charge is 0.468 e. The lowest BCUT2D eigenvalue weighted by Gasteiger charge is -2.50. The van der Waals surface area contributed by atoms with Crippen LogP contribution in [-0.2, 0) is 28.6 Å². The number of carbonyl (C=O) groups is 3. The molecule has 7 nitrogen and oxygen atoms in total. The molecule has 3 aliphatic rings. The van der Waals surface area contributed by atoms with Crippen LogP contribution >= 0.6 is 0 Å². The number of fused-ring (bicyclic) bond motifs is 2. The van der Waals surface area contributed by atoms with E-state index in [0.717, 1.165) is 13.2 Å². The molecular weight excluding hydrogens is 280 g/mol. The fraction of sp³-hybridized carbons (Fsp3) is 0.643.